The van der Waals surface area contributed by atoms with E-state index in [1.165, 1.54) is 6.07 Å². The maximum absolute atomic E-state index is 12.1. The highest BCUT2D eigenvalue weighted by atomic mass is 79.9. The molecule has 0 spiro atoms. The fraction of sp³-hybridized carbons (Fsp3) is 0.133. The second kappa shape index (κ2) is 6.43. The summed E-state index contributed by atoms with van der Waals surface area (Å²) in [5, 5.41) is 12.5. The number of carbonyl (C=O) groups excluding carboxylic acids is 1. The number of benzene rings is 2. The van der Waals surface area contributed by atoms with E-state index in [-0.39, 0.29) is 17.2 Å². The Hall–Kier alpha value is -2.01. The van der Waals surface area contributed by atoms with Crippen LogP contribution in [-0.4, -0.2) is 17.6 Å². The van der Waals surface area contributed by atoms with Crippen LogP contribution in [0.15, 0.2) is 46.9 Å². The van der Waals surface area contributed by atoms with Gasteiger partial charge in [-0.05, 0) is 37.3 Å². The highest BCUT2D eigenvalue weighted by molar-refractivity contribution is 9.10. The van der Waals surface area contributed by atoms with Crippen LogP contribution in [0.1, 0.15) is 17.3 Å². The van der Waals surface area contributed by atoms with E-state index in [4.69, 9.17) is 4.74 Å². The highest BCUT2D eigenvalue weighted by Gasteiger charge is 2.11. The number of rotatable bonds is 4. The van der Waals surface area contributed by atoms with E-state index in [1.807, 2.05) is 13.0 Å². The van der Waals surface area contributed by atoms with Gasteiger partial charge in [-0.1, -0.05) is 22.0 Å². The maximum Gasteiger partial charge on any atom is 0.259 e. The van der Waals surface area contributed by atoms with Crippen molar-refractivity contribution >= 4 is 27.5 Å². The van der Waals surface area contributed by atoms with Crippen LogP contribution >= 0.6 is 15.9 Å². The Labute approximate surface area is 125 Å². The Morgan fingerprint density at radius 3 is 2.80 bits per heavy atom. The lowest BCUT2D eigenvalue weighted by atomic mass is 10.2. The summed E-state index contributed by atoms with van der Waals surface area (Å²) in [4.78, 5) is 12.1. The minimum Gasteiger partial charge on any atom is -0.507 e. The van der Waals surface area contributed by atoms with Crippen molar-refractivity contribution in [1.82, 2.24) is 0 Å². The van der Waals surface area contributed by atoms with Gasteiger partial charge in [0, 0.05) is 16.2 Å². The Morgan fingerprint density at radius 2 is 2.10 bits per heavy atom. The van der Waals surface area contributed by atoms with E-state index in [2.05, 4.69) is 21.2 Å². The molecule has 0 unspecified atom stereocenters. The molecule has 4 nitrogen and oxygen atoms in total. The van der Waals surface area contributed by atoms with Gasteiger partial charge >= 0.3 is 0 Å². The number of ether oxygens (including phenoxy) is 1. The Kier molecular flexibility index (Phi) is 4.63. The molecule has 2 N–H and O–H groups in total. The van der Waals surface area contributed by atoms with E-state index < -0.39 is 0 Å². The molecule has 0 saturated carbocycles. The predicted octanol–water partition coefficient (Wildman–Crippen LogP) is 3.81. The van der Waals surface area contributed by atoms with Crippen molar-refractivity contribution in [3.63, 3.8) is 0 Å². The number of phenols is 1. The van der Waals surface area contributed by atoms with Gasteiger partial charge in [-0.15, -0.1) is 0 Å². The molecule has 2 rings (SSSR count). The molecule has 0 aliphatic heterocycles. The van der Waals surface area contributed by atoms with Crippen LogP contribution in [0.2, 0.25) is 0 Å². The summed E-state index contributed by atoms with van der Waals surface area (Å²) in [7, 11) is 0. The molecule has 104 valence electrons. The summed E-state index contributed by atoms with van der Waals surface area (Å²) in [5.74, 6) is 0.242. The molecule has 0 radical (unpaired) electrons. The smallest absolute Gasteiger partial charge is 0.259 e. The standard InChI is InChI=1S/C15H14BrNO3/c1-2-20-12-5-3-4-11(9-12)17-15(19)13-7-6-10(16)8-14(13)18/h3-9,18H,2H2,1H3,(H,17,19). The number of amides is 1. The van der Waals surface area contributed by atoms with Crippen LogP contribution in [0.5, 0.6) is 11.5 Å². The lowest BCUT2D eigenvalue weighted by molar-refractivity contribution is 0.102. The number of hydrogen-bond donors (Lipinski definition) is 2. The molecule has 0 heterocycles. The minimum atomic E-state index is -0.372. The third-order valence-corrected chi connectivity index (χ3v) is 3.10. The van der Waals surface area contributed by atoms with Gasteiger partial charge in [-0.2, -0.15) is 0 Å². The number of carbonyl (C=O) groups is 1. The number of aromatic hydroxyl groups is 1. The fourth-order valence-electron chi connectivity index (χ4n) is 1.73. The van der Waals surface area contributed by atoms with Gasteiger partial charge in [-0.25, -0.2) is 0 Å². The van der Waals surface area contributed by atoms with Gasteiger partial charge in [0.25, 0.3) is 5.91 Å². The number of hydrogen-bond acceptors (Lipinski definition) is 3. The Bertz CT molecular complexity index is 628. The molecule has 20 heavy (non-hydrogen) atoms. The van der Waals surface area contributed by atoms with Crippen LogP contribution in [-0.2, 0) is 0 Å². The van der Waals surface area contributed by atoms with Crippen molar-refractivity contribution in [2.75, 3.05) is 11.9 Å². The van der Waals surface area contributed by atoms with Crippen molar-refractivity contribution in [3.8, 4) is 11.5 Å². The third kappa shape index (κ3) is 3.51. The molecule has 2 aromatic carbocycles. The van der Waals surface area contributed by atoms with Crippen LogP contribution in [0.25, 0.3) is 0 Å². The van der Waals surface area contributed by atoms with Gasteiger partial charge in [-0.3, -0.25) is 4.79 Å². The maximum atomic E-state index is 12.1. The summed E-state index contributed by atoms with van der Waals surface area (Å²) in [6, 6.07) is 11.8. The zero-order valence-corrected chi connectivity index (χ0v) is 12.5. The zero-order chi connectivity index (χ0) is 14.5. The first-order valence-electron chi connectivity index (χ1n) is 6.13. The summed E-state index contributed by atoms with van der Waals surface area (Å²) in [6.45, 7) is 2.45. The van der Waals surface area contributed by atoms with Crippen molar-refractivity contribution in [3.05, 3.63) is 52.5 Å². The third-order valence-electron chi connectivity index (χ3n) is 2.61. The van der Waals surface area contributed by atoms with Gasteiger partial charge in [0.05, 0.1) is 12.2 Å². The molecule has 1 amide bonds. The molecular formula is C15H14BrNO3. The van der Waals surface area contributed by atoms with Gasteiger partial charge in [0.15, 0.2) is 0 Å². The second-order valence-electron chi connectivity index (χ2n) is 4.08. The van der Waals surface area contributed by atoms with Crippen molar-refractivity contribution in [2.24, 2.45) is 0 Å². The average Bonchev–Trinajstić information content (AvgIpc) is 2.39. The van der Waals surface area contributed by atoms with Crippen LogP contribution < -0.4 is 10.1 Å². The topological polar surface area (TPSA) is 58.6 Å². The first kappa shape index (κ1) is 14.4. The number of phenolic OH excluding ortho intramolecular Hbond substituents is 1. The van der Waals surface area contributed by atoms with E-state index in [0.29, 0.717) is 22.5 Å². The summed E-state index contributed by atoms with van der Waals surface area (Å²) < 4.78 is 6.08. The fourth-order valence-corrected chi connectivity index (χ4v) is 2.07. The highest BCUT2D eigenvalue weighted by Crippen LogP contribution is 2.24. The molecule has 2 aromatic rings. The molecular weight excluding hydrogens is 322 g/mol. The van der Waals surface area contributed by atoms with Gasteiger partial charge in [0.2, 0.25) is 0 Å². The van der Waals surface area contributed by atoms with Gasteiger partial charge < -0.3 is 15.2 Å². The molecule has 0 saturated heterocycles. The average molecular weight is 336 g/mol. The molecule has 0 aliphatic rings. The monoisotopic (exact) mass is 335 g/mol. The van der Waals surface area contributed by atoms with E-state index in [0.717, 1.165) is 0 Å². The SMILES string of the molecule is CCOc1cccc(NC(=O)c2ccc(Br)cc2O)c1. The Balaban J connectivity index is 2.17. The largest absolute Gasteiger partial charge is 0.507 e. The van der Waals surface area contributed by atoms with Crippen molar-refractivity contribution in [1.29, 1.82) is 0 Å². The summed E-state index contributed by atoms with van der Waals surface area (Å²) in [6.07, 6.45) is 0. The number of anilines is 1. The first-order chi connectivity index (χ1) is 9.60. The van der Waals surface area contributed by atoms with E-state index in [9.17, 15) is 9.90 Å². The lowest BCUT2D eigenvalue weighted by Gasteiger charge is -2.09. The zero-order valence-electron chi connectivity index (χ0n) is 10.9. The summed E-state index contributed by atoms with van der Waals surface area (Å²) >= 11 is 3.23. The second-order valence-corrected chi connectivity index (χ2v) is 4.99. The molecule has 0 atom stereocenters. The lowest BCUT2D eigenvalue weighted by Crippen LogP contribution is -2.12. The molecule has 0 aromatic heterocycles. The molecule has 0 bridgehead atoms. The molecule has 0 aliphatic carbocycles. The number of halogens is 1. The first-order valence-corrected chi connectivity index (χ1v) is 6.92. The van der Waals surface area contributed by atoms with Crippen LogP contribution in [0.4, 0.5) is 5.69 Å². The van der Waals surface area contributed by atoms with Crippen molar-refractivity contribution in [2.45, 2.75) is 6.92 Å². The number of nitrogens with one attached hydrogen (secondary N) is 1. The van der Waals surface area contributed by atoms with Crippen LogP contribution in [0.3, 0.4) is 0 Å². The molecule has 5 heteroatoms. The van der Waals surface area contributed by atoms with Crippen LogP contribution in [0, 0.1) is 0 Å². The predicted molar refractivity (Wildman–Crippen MR) is 81.4 cm³/mol. The normalized spacial score (nSPS) is 10.1. The van der Waals surface area contributed by atoms with E-state index >= 15 is 0 Å². The Morgan fingerprint density at radius 1 is 1.30 bits per heavy atom. The van der Waals surface area contributed by atoms with Crippen molar-refractivity contribution < 1.29 is 14.6 Å². The van der Waals surface area contributed by atoms with E-state index in [1.54, 1.807) is 30.3 Å². The minimum absolute atomic E-state index is 0.0714. The van der Waals surface area contributed by atoms with Gasteiger partial charge in [0.1, 0.15) is 11.5 Å². The molecule has 0 fully saturated rings. The quantitative estimate of drug-likeness (QED) is 0.893. The summed E-state index contributed by atoms with van der Waals surface area (Å²) in [5.41, 5.74) is 0.832.